The van der Waals surface area contributed by atoms with Crippen LogP contribution in [0.5, 0.6) is 0 Å². The van der Waals surface area contributed by atoms with Crippen molar-refractivity contribution in [2.75, 3.05) is 10.7 Å². The van der Waals surface area contributed by atoms with Crippen molar-refractivity contribution < 1.29 is 4.39 Å². The van der Waals surface area contributed by atoms with E-state index in [4.69, 9.17) is 16.6 Å². The Kier molecular flexibility index (Phi) is 6.04. The molecule has 172 valence electrons. The Labute approximate surface area is 210 Å². The van der Waals surface area contributed by atoms with Gasteiger partial charge < -0.3 is 10.3 Å². The zero-order valence-corrected chi connectivity index (χ0v) is 20.6. The van der Waals surface area contributed by atoms with E-state index in [-0.39, 0.29) is 16.8 Å². The highest BCUT2D eigenvalue weighted by Crippen LogP contribution is 2.26. The van der Waals surface area contributed by atoms with Crippen molar-refractivity contribution in [3.05, 3.63) is 81.6 Å². The zero-order chi connectivity index (χ0) is 23.8. The molecule has 0 aliphatic rings. The van der Waals surface area contributed by atoms with Crippen molar-refractivity contribution in [1.82, 2.24) is 29.6 Å². The van der Waals surface area contributed by atoms with Crippen molar-refractivity contribution in [3.8, 4) is 0 Å². The molecule has 3 aromatic heterocycles. The first kappa shape index (κ1) is 22.5. The van der Waals surface area contributed by atoms with Crippen LogP contribution in [0.2, 0.25) is 5.02 Å². The highest BCUT2D eigenvalue weighted by Gasteiger charge is 2.21. The van der Waals surface area contributed by atoms with Gasteiger partial charge in [0.2, 0.25) is 0 Å². The molecule has 3 N–H and O–H groups in total. The lowest BCUT2D eigenvalue weighted by Gasteiger charge is -2.22. The van der Waals surface area contributed by atoms with E-state index in [0.29, 0.717) is 49.0 Å². The van der Waals surface area contributed by atoms with Gasteiger partial charge in [-0.15, -0.1) is 0 Å². The summed E-state index contributed by atoms with van der Waals surface area (Å²) in [6.07, 6.45) is 2.95. The van der Waals surface area contributed by atoms with Crippen molar-refractivity contribution in [1.29, 1.82) is 0 Å². The summed E-state index contributed by atoms with van der Waals surface area (Å²) in [7, 11) is 0. The second-order valence-electron chi connectivity index (χ2n) is 7.48. The molecular formula is C22H17ClFIN8O. The predicted molar refractivity (Wildman–Crippen MR) is 138 cm³/mol. The molecule has 1 atom stereocenters. The number of aromatic nitrogens is 6. The van der Waals surface area contributed by atoms with Gasteiger partial charge in [-0.05, 0) is 42.8 Å². The Balaban J connectivity index is 1.66. The SMILES string of the molecule is CC(Nc1ncnc2[nH]cnc12)c1nc2cccc(Cl)c2c(=O)n1Nc1ccc(F)cc1CI. The second-order valence-corrected chi connectivity index (χ2v) is 8.65. The Bertz CT molecular complexity index is 1590. The first-order valence-electron chi connectivity index (χ1n) is 10.2. The number of nitrogens with zero attached hydrogens (tertiary/aromatic N) is 5. The van der Waals surface area contributed by atoms with E-state index >= 15 is 0 Å². The van der Waals surface area contributed by atoms with Gasteiger partial charge in [-0.25, -0.2) is 29.0 Å². The van der Waals surface area contributed by atoms with Crippen LogP contribution in [-0.4, -0.2) is 29.6 Å². The van der Waals surface area contributed by atoms with Crippen LogP contribution < -0.4 is 16.3 Å². The average Bonchev–Trinajstić information content (AvgIpc) is 3.31. The number of hydrogen-bond donors (Lipinski definition) is 3. The lowest BCUT2D eigenvalue weighted by molar-refractivity contribution is 0.626. The molecule has 0 amide bonds. The first-order valence-corrected chi connectivity index (χ1v) is 12.1. The normalized spacial score (nSPS) is 12.2. The van der Waals surface area contributed by atoms with E-state index in [1.54, 1.807) is 24.3 Å². The minimum atomic E-state index is -0.484. The van der Waals surface area contributed by atoms with Gasteiger partial charge in [0, 0.05) is 4.43 Å². The van der Waals surface area contributed by atoms with E-state index in [0.717, 1.165) is 0 Å². The minimum absolute atomic E-state index is 0.280. The molecule has 0 fully saturated rings. The maximum atomic E-state index is 13.8. The van der Waals surface area contributed by atoms with E-state index < -0.39 is 6.04 Å². The number of aromatic amines is 1. The van der Waals surface area contributed by atoms with Crippen LogP contribution in [0, 0.1) is 5.82 Å². The maximum Gasteiger partial charge on any atom is 0.281 e. The fourth-order valence-corrected chi connectivity index (χ4v) is 4.53. The standard InChI is InChI=1S/C22H17ClFIN8O/c1-11(30-20-18-19(27-9-26-18)28-10-29-20)21-31-16-4-2-3-14(23)17(16)22(34)33(21)32-15-6-5-13(24)7-12(15)8-25/h2-7,9-11,32H,8H2,1H3,(H2,26,27,28,29,30). The minimum Gasteiger partial charge on any atom is -0.358 e. The largest absolute Gasteiger partial charge is 0.358 e. The van der Waals surface area contributed by atoms with Crippen LogP contribution in [0.25, 0.3) is 22.1 Å². The summed E-state index contributed by atoms with van der Waals surface area (Å²) in [5, 5.41) is 3.84. The van der Waals surface area contributed by atoms with E-state index in [1.807, 2.05) is 6.92 Å². The highest BCUT2D eigenvalue weighted by atomic mass is 127. The summed E-state index contributed by atoms with van der Waals surface area (Å²) in [5.74, 6) is 0.512. The fraction of sp³-hybridized carbons (Fsp3) is 0.136. The molecule has 0 spiro atoms. The van der Waals surface area contributed by atoms with E-state index in [1.165, 1.54) is 29.5 Å². The molecule has 0 radical (unpaired) electrons. The molecule has 1 unspecified atom stereocenters. The van der Waals surface area contributed by atoms with Crippen molar-refractivity contribution in [2.45, 2.75) is 17.4 Å². The van der Waals surface area contributed by atoms with Gasteiger partial charge in [0.15, 0.2) is 17.3 Å². The van der Waals surface area contributed by atoms with Gasteiger partial charge >= 0.3 is 0 Å². The highest BCUT2D eigenvalue weighted by molar-refractivity contribution is 14.1. The lowest BCUT2D eigenvalue weighted by Crippen LogP contribution is -2.33. The zero-order valence-electron chi connectivity index (χ0n) is 17.7. The summed E-state index contributed by atoms with van der Waals surface area (Å²) in [5.41, 5.74) is 5.62. The van der Waals surface area contributed by atoms with Gasteiger partial charge in [-0.2, -0.15) is 0 Å². The number of fused-ring (bicyclic) bond motifs is 2. The molecule has 2 aromatic carbocycles. The molecular weight excluding hydrogens is 574 g/mol. The Hall–Kier alpha value is -3.32. The van der Waals surface area contributed by atoms with E-state index in [9.17, 15) is 9.18 Å². The summed E-state index contributed by atoms with van der Waals surface area (Å²) < 4.78 is 15.7. The third-order valence-corrected chi connectivity index (χ3v) is 6.41. The van der Waals surface area contributed by atoms with E-state index in [2.05, 4.69) is 53.3 Å². The smallest absolute Gasteiger partial charge is 0.281 e. The van der Waals surface area contributed by atoms with Gasteiger partial charge in [-0.3, -0.25) is 10.2 Å². The van der Waals surface area contributed by atoms with Crippen LogP contribution in [0.4, 0.5) is 15.9 Å². The number of halogens is 3. The molecule has 5 rings (SSSR count). The number of nitrogens with one attached hydrogen (secondary N) is 3. The first-order chi connectivity index (χ1) is 16.5. The van der Waals surface area contributed by atoms with Gasteiger partial charge in [0.05, 0.1) is 34.0 Å². The third kappa shape index (κ3) is 4.05. The predicted octanol–water partition coefficient (Wildman–Crippen LogP) is 4.84. The second kappa shape index (κ2) is 9.14. The number of benzene rings is 2. The number of rotatable bonds is 6. The Morgan fingerprint density at radius 3 is 2.91 bits per heavy atom. The summed E-state index contributed by atoms with van der Waals surface area (Å²) in [6, 6.07) is 8.98. The molecule has 3 heterocycles. The number of imidazole rings is 1. The van der Waals surface area contributed by atoms with Gasteiger partial charge in [0.1, 0.15) is 17.7 Å². The number of anilines is 2. The van der Waals surface area contributed by atoms with Crippen LogP contribution in [-0.2, 0) is 4.43 Å². The lowest BCUT2D eigenvalue weighted by atomic mass is 10.2. The summed E-state index contributed by atoms with van der Waals surface area (Å²) in [6.45, 7) is 1.85. The third-order valence-electron chi connectivity index (χ3n) is 5.27. The summed E-state index contributed by atoms with van der Waals surface area (Å²) >= 11 is 8.50. The molecule has 5 aromatic rings. The maximum absolute atomic E-state index is 13.8. The number of H-pyrrole nitrogens is 1. The Morgan fingerprint density at radius 1 is 1.24 bits per heavy atom. The number of hydrogen-bond acceptors (Lipinski definition) is 7. The average molecular weight is 591 g/mol. The monoisotopic (exact) mass is 590 g/mol. The van der Waals surface area contributed by atoms with Gasteiger partial charge in [0.25, 0.3) is 5.56 Å². The molecule has 0 saturated carbocycles. The molecule has 9 nitrogen and oxygen atoms in total. The number of alkyl halides is 1. The molecule has 0 aliphatic heterocycles. The molecule has 34 heavy (non-hydrogen) atoms. The van der Waals surface area contributed by atoms with Crippen LogP contribution in [0.3, 0.4) is 0 Å². The van der Waals surface area contributed by atoms with Crippen LogP contribution >= 0.6 is 34.2 Å². The quantitative estimate of drug-likeness (QED) is 0.192. The van der Waals surface area contributed by atoms with Crippen LogP contribution in [0.15, 0.2) is 53.8 Å². The molecule has 12 heteroatoms. The molecule has 0 aliphatic carbocycles. The molecule has 0 saturated heterocycles. The Morgan fingerprint density at radius 2 is 2.09 bits per heavy atom. The van der Waals surface area contributed by atoms with Crippen molar-refractivity contribution >= 4 is 67.8 Å². The van der Waals surface area contributed by atoms with Gasteiger partial charge in [-0.1, -0.05) is 40.3 Å². The topological polar surface area (TPSA) is 113 Å². The fourth-order valence-electron chi connectivity index (χ4n) is 3.65. The molecule has 0 bridgehead atoms. The van der Waals surface area contributed by atoms with Crippen LogP contribution in [0.1, 0.15) is 24.4 Å². The summed E-state index contributed by atoms with van der Waals surface area (Å²) in [4.78, 5) is 34.0. The van der Waals surface area contributed by atoms with Crippen molar-refractivity contribution in [3.63, 3.8) is 0 Å². The van der Waals surface area contributed by atoms with Crippen molar-refractivity contribution in [2.24, 2.45) is 0 Å².